The number of nitrogens with zero attached hydrogens (tertiary/aromatic N) is 5. The average Bonchev–Trinajstić information content (AvgIpc) is 3.15. The minimum Gasteiger partial charge on any atom is -0.348 e. The molecule has 3 rings (SSSR count). The number of thioether (sulfide) groups is 1. The zero-order chi connectivity index (χ0) is 17.8. The summed E-state index contributed by atoms with van der Waals surface area (Å²) < 4.78 is 3.79. The van der Waals surface area contributed by atoms with Crippen molar-refractivity contribution < 1.29 is 4.79 Å². The number of tetrazole rings is 1. The fourth-order valence-electron chi connectivity index (χ4n) is 2.86. The van der Waals surface area contributed by atoms with E-state index in [-0.39, 0.29) is 5.78 Å². The van der Waals surface area contributed by atoms with E-state index < -0.39 is 0 Å². The molecule has 0 aliphatic rings. The van der Waals surface area contributed by atoms with Gasteiger partial charge in [-0.25, -0.2) is 4.68 Å². The third kappa shape index (κ3) is 3.99. The lowest BCUT2D eigenvalue weighted by Gasteiger charge is -2.10. The van der Waals surface area contributed by atoms with E-state index in [4.69, 9.17) is 0 Å². The Balaban J connectivity index is 1.68. The van der Waals surface area contributed by atoms with Crippen LogP contribution < -0.4 is 0 Å². The molecular weight excluding hydrogens is 334 g/mol. The van der Waals surface area contributed by atoms with Crippen molar-refractivity contribution in [3.63, 3.8) is 0 Å². The van der Waals surface area contributed by atoms with Gasteiger partial charge in [0.05, 0.1) is 5.75 Å². The first-order chi connectivity index (χ1) is 12.1. The van der Waals surface area contributed by atoms with Crippen molar-refractivity contribution in [3.05, 3.63) is 58.9 Å². The molecule has 1 aromatic carbocycles. The van der Waals surface area contributed by atoms with Gasteiger partial charge in [0.15, 0.2) is 5.78 Å². The van der Waals surface area contributed by atoms with Crippen LogP contribution in [0.25, 0.3) is 0 Å². The van der Waals surface area contributed by atoms with Crippen LogP contribution in [0, 0.1) is 13.8 Å². The quantitative estimate of drug-likeness (QED) is 0.482. The van der Waals surface area contributed by atoms with Gasteiger partial charge in [-0.2, -0.15) is 0 Å². The van der Waals surface area contributed by atoms with Crippen molar-refractivity contribution in [3.8, 4) is 0 Å². The van der Waals surface area contributed by atoms with E-state index in [0.29, 0.717) is 10.9 Å². The Morgan fingerprint density at radius 2 is 1.96 bits per heavy atom. The monoisotopic (exact) mass is 355 g/mol. The van der Waals surface area contributed by atoms with Gasteiger partial charge in [-0.1, -0.05) is 42.1 Å². The first-order valence-corrected chi connectivity index (χ1v) is 9.14. The predicted octanol–water partition coefficient (Wildman–Crippen LogP) is 2.85. The number of ketones is 1. The Morgan fingerprint density at radius 1 is 1.20 bits per heavy atom. The van der Waals surface area contributed by atoms with Crippen molar-refractivity contribution in [1.29, 1.82) is 0 Å². The molecule has 0 aliphatic carbocycles. The van der Waals surface area contributed by atoms with E-state index in [1.54, 1.807) is 11.7 Å². The summed E-state index contributed by atoms with van der Waals surface area (Å²) in [5.41, 5.74) is 4.22. The fourth-order valence-corrected chi connectivity index (χ4v) is 3.60. The fraction of sp³-hybridized carbons (Fsp3) is 0.333. The molecular formula is C18H21N5OS. The Kier molecular flexibility index (Phi) is 5.33. The second-order valence-corrected chi connectivity index (χ2v) is 6.91. The second kappa shape index (κ2) is 7.65. The molecule has 0 spiro atoms. The van der Waals surface area contributed by atoms with Gasteiger partial charge >= 0.3 is 0 Å². The van der Waals surface area contributed by atoms with Crippen LogP contribution in [-0.4, -0.2) is 36.3 Å². The summed E-state index contributed by atoms with van der Waals surface area (Å²) >= 11 is 1.36. The highest BCUT2D eigenvalue weighted by atomic mass is 32.2. The molecule has 2 aromatic heterocycles. The molecule has 25 heavy (non-hydrogen) atoms. The number of rotatable bonds is 7. The molecule has 0 atom stereocenters. The molecule has 0 aliphatic heterocycles. The second-order valence-electron chi connectivity index (χ2n) is 5.97. The molecule has 130 valence electrons. The van der Waals surface area contributed by atoms with Crippen molar-refractivity contribution in [2.45, 2.75) is 32.0 Å². The molecule has 0 fully saturated rings. The Morgan fingerprint density at radius 3 is 2.64 bits per heavy atom. The van der Waals surface area contributed by atoms with Crippen LogP contribution in [0.1, 0.15) is 27.3 Å². The first kappa shape index (κ1) is 17.4. The third-order valence-corrected chi connectivity index (χ3v) is 5.27. The van der Waals surface area contributed by atoms with Crippen LogP contribution in [0.3, 0.4) is 0 Å². The van der Waals surface area contributed by atoms with Gasteiger partial charge in [0.2, 0.25) is 5.16 Å². The number of carbonyl (C=O) groups excluding carboxylic acids is 1. The molecule has 6 nitrogen and oxygen atoms in total. The highest BCUT2D eigenvalue weighted by molar-refractivity contribution is 7.99. The zero-order valence-corrected chi connectivity index (χ0v) is 15.5. The average molecular weight is 355 g/mol. The summed E-state index contributed by atoms with van der Waals surface area (Å²) in [6.07, 6.45) is 0.949. The van der Waals surface area contributed by atoms with Gasteiger partial charge in [0, 0.05) is 30.5 Å². The van der Waals surface area contributed by atoms with E-state index in [0.717, 1.165) is 29.9 Å². The van der Waals surface area contributed by atoms with E-state index >= 15 is 0 Å². The highest BCUT2D eigenvalue weighted by Gasteiger charge is 2.17. The number of Topliss-reactive ketones (excluding diaryl/α,β-unsaturated/α-hetero) is 1. The van der Waals surface area contributed by atoms with Crippen molar-refractivity contribution in [2.75, 3.05) is 5.75 Å². The number of hydrogen-bond donors (Lipinski definition) is 0. The molecule has 0 N–H and O–H groups in total. The molecule has 0 saturated carbocycles. The number of aryl methyl sites for hydroxylation is 3. The summed E-state index contributed by atoms with van der Waals surface area (Å²) in [6, 6.07) is 12.4. The van der Waals surface area contributed by atoms with Crippen LogP contribution in [0.15, 0.2) is 41.6 Å². The van der Waals surface area contributed by atoms with E-state index in [1.165, 1.54) is 17.3 Å². The number of aromatic nitrogens is 5. The van der Waals surface area contributed by atoms with Gasteiger partial charge in [0.1, 0.15) is 0 Å². The van der Waals surface area contributed by atoms with Gasteiger partial charge in [-0.05, 0) is 42.3 Å². The molecule has 0 amide bonds. The van der Waals surface area contributed by atoms with Crippen molar-refractivity contribution in [2.24, 2.45) is 7.05 Å². The maximum atomic E-state index is 12.6. The zero-order valence-electron chi connectivity index (χ0n) is 14.6. The van der Waals surface area contributed by atoms with Gasteiger partial charge in [-0.15, -0.1) is 5.10 Å². The molecule has 0 radical (unpaired) electrons. The standard InChI is InChI=1S/C18H21N5OS/c1-13-11-16(17(24)12-25-18-19-20-21-22(18)3)14(2)23(13)10-9-15-7-5-4-6-8-15/h4-8,11H,9-10,12H2,1-3H3. The lowest BCUT2D eigenvalue weighted by atomic mass is 10.1. The molecule has 7 heteroatoms. The topological polar surface area (TPSA) is 65.6 Å². The SMILES string of the molecule is Cc1cc(C(=O)CSc2nnnn2C)c(C)n1CCc1ccccc1. The van der Waals surface area contributed by atoms with Crippen LogP contribution in [0.4, 0.5) is 0 Å². The molecule has 0 bridgehead atoms. The maximum absolute atomic E-state index is 12.6. The minimum absolute atomic E-state index is 0.104. The summed E-state index contributed by atoms with van der Waals surface area (Å²) in [5.74, 6) is 0.434. The Bertz CT molecular complexity index is 869. The molecule has 2 heterocycles. The summed E-state index contributed by atoms with van der Waals surface area (Å²) in [7, 11) is 1.77. The summed E-state index contributed by atoms with van der Waals surface area (Å²) in [5, 5.41) is 11.9. The third-order valence-electron chi connectivity index (χ3n) is 4.25. The maximum Gasteiger partial charge on any atom is 0.209 e. The normalized spacial score (nSPS) is 11.0. The van der Waals surface area contributed by atoms with Crippen LogP contribution in [-0.2, 0) is 20.0 Å². The van der Waals surface area contributed by atoms with Crippen LogP contribution in [0.2, 0.25) is 0 Å². The Hall–Kier alpha value is -2.41. The molecule has 3 aromatic rings. The lowest BCUT2D eigenvalue weighted by Crippen LogP contribution is -2.08. The Labute approximate surface area is 151 Å². The van der Waals surface area contributed by atoms with Gasteiger partial charge in [0.25, 0.3) is 0 Å². The van der Waals surface area contributed by atoms with Crippen molar-refractivity contribution >= 4 is 17.5 Å². The van der Waals surface area contributed by atoms with E-state index in [9.17, 15) is 4.79 Å². The smallest absolute Gasteiger partial charge is 0.209 e. The van der Waals surface area contributed by atoms with Crippen LogP contribution in [0.5, 0.6) is 0 Å². The minimum atomic E-state index is 0.104. The highest BCUT2D eigenvalue weighted by Crippen LogP contribution is 2.20. The van der Waals surface area contributed by atoms with E-state index in [1.807, 2.05) is 19.1 Å². The van der Waals surface area contributed by atoms with Gasteiger partial charge < -0.3 is 4.57 Å². The number of hydrogen-bond acceptors (Lipinski definition) is 5. The predicted molar refractivity (Wildman–Crippen MR) is 97.9 cm³/mol. The number of carbonyl (C=O) groups is 1. The van der Waals surface area contributed by atoms with E-state index in [2.05, 4.69) is 51.3 Å². The first-order valence-electron chi connectivity index (χ1n) is 8.15. The number of benzene rings is 1. The largest absolute Gasteiger partial charge is 0.348 e. The van der Waals surface area contributed by atoms with Crippen molar-refractivity contribution in [1.82, 2.24) is 24.8 Å². The lowest BCUT2D eigenvalue weighted by molar-refractivity contribution is 0.102. The van der Waals surface area contributed by atoms with Crippen LogP contribution >= 0.6 is 11.8 Å². The van der Waals surface area contributed by atoms with Gasteiger partial charge in [-0.3, -0.25) is 4.79 Å². The molecule has 0 saturated heterocycles. The summed E-state index contributed by atoms with van der Waals surface area (Å²) in [6.45, 7) is 4.93. The molecule has 0 unspecified atom stereocenters. The summed E-state index contributed by atoms with van der Waals surface area (Å²) in [4.78, 5) is 12.6.